The van der Waals surface area contributed by atoms with Crippen LogP contribution in [-0.4, -0.2) is 39.7 Å². The third-order valence-electron chi connectivity index (χ3n) is 6.23. The van der Waals surface area contributed by atoms with Crippen LogP contribution in [0.5, 0.6) is 0 Å². The number of amides is 4. The molecule has 0 aromatic heterocycles. The average molecular weight is 622 g/mol. The third kappa shape index (κ3) is 6.47. The van der Waals surface area contributed by atoms with E-state index >= 15 is 0 Å². The van der Waals surface area contributed by atoms with Crippen molar-refractivity contribution in [3.05, 3.63) is 130 Å². The first-order valence-electron chi connectivity index (χ1n) is 12.0. The molecule has 4 aromatic carbocycles. The van der Waals surface area contributed by atoms with Crippen molar-refractivity contribution in [1.82, 2.24) is 0 Å². The topological polar surface area (TPSA) is 87.1 Å². The van der Waals surface area contributed by atoms with Crippen LogP contribution in [0.25, 0.3) is 0 Å². The summed E-state index contributed by atoms with van der Waals surface area (Å²) in [6, 6.07) is 28.5. The summed E-state index contributed by atoms with van der Waals surface area (Å²) in [7, 11) is 4.34. The summed E-state index contributed by atoms with van der Waals surface area (Å²) in [5.74, 6) is -1.02. The van der Waals surface area contributed by atoms with Gasteiger partial charge in [0.1, 0.15) is 0 Å². The van der Waals surface area contributed by atoms with Crippen molar-refractivity contribution in [3.8, 4) is 0 Å². The van der Waals surface area contributed by atoms with Gasteiger partial charge in [0, 0.05) is 13.7 Å². The first-order valence-corrected chi connectivity index (χ1v) is 13.6. The number of hydrogen-bond acceptors (Lipinski definition) is 6. The number of fused-ring (bicyclic) bond motifs is 2. The van der Waals surface area contributed by atoms with Gasteiger partial charge in [-0.15, -0.1) is 0 Å². The maximum atomic E-state index is 12.3. The average Bonchev–Trinajstić information content (AvgIpc) is 3.39. The van der Waals surface area contributed by atoms with Gasteiger partial charge in [0.25, 0.3) is 23.6 Å². The molecular formula is C30H22B2BrN3O4S. The first kappa shape index (κ1) is 31.4. The fourth-order valence-corrected chi connectivity index (χ4v) is 4.65. The van der Waals surface area contributed by atoms with Crippen molar-refractivity contribution < 1.29 is 19.2 Å². The molecule has 0 spiro atoms. The van der Waals surface area contributed by atoms with E-state index in [1.807, 2.05) is 31.2 Å². The zero-order chi connectivity index (χ0) is 28.8. The predicted octanol–water partition coefficient (Wildman–Crippen LogP) is 5.98. The molecule has 0 fully saturated rings. The third-order valence-corrected chi connectivity index (χ3v) is 6.88. The van der Waals surface area contributed by atoms with Crippen LogP contribution in [0.1, 0.15) is 52.6 Å². The van der Waals surface area contributed by atoms with Gasteiger partial charge in [0.05, 0.1) is 33.6 Å². The molecule has 0 bridgehead atoms. The van der Waals surface area contributed by atoms with Gasteiger partial charge in [-0.25, -0.2) is 9.80 Å². The molecule has 7 nitrogen and oxygen atoms in total. The van der Waals surface area contributed by atoms with Gasteiger partial charge in [-0.05, 0) is 61.0 Å². The number of alkyl halides is 1. The summed E-state index contributed by atoms with van der Waals surface area (Å²) < 4.78 is 2.69. The van der Waals surface area contributed by atoms with Crippen LogP contribution in [0, 0.1) is 6.92 Å². The van der Waals surface area contributed by atoms with E-state index < -0.39 is 0 Å². The van der Waals surface area contributed by atoms with Gasteiger partial charge >= 0.3 is 24.8 Å². The molecular weight excluding hydrogens is 600 g/mol. The normalized spacial score (nSPS) is 12.8. The second-order valence-electron chi connectivity index (χ2n) is 8.73. The Morgan fingerprint density at radius 1 is 0.634 bits per heavy atom. The Bertz CT molecular complexity index is 1550. The molecule has 0 saturated carbocycles. The van der Waals surface area contributed by atoms with Gasteiger partial charge < -0.3 is 0 Å². The number of hydrogen-bond donors (Lipinski definition) is 1. The van der Waals surface area contributed by atoms with Gasteiger partial charge in [-0.1, -0.05) is 70.0 Å². The van der Waals surface area contributed by atoms with Crippen molar-refractivity contribution in [3.63, 3.8) is 0 Å². The Labute approximate surface area is 254 Å². The monoisotopic (exact) mass is 621 g/mol. The minimum absolute atomic E-state index is 0. The molecule has 2 heterocycles. The molecule has 0 N–H and O–H groups in total. The zero-order valence-electron chi connectivity index (χ0n) is 21.9. The van der Waals surface area contributed by atoms with Crippen molar-refractivity contribution >= 4 is 79.8 Å². The van der Waals surface area contributed by atoms with Crippen LogP contribution in [0.4, 0.5) is 11.4 Å². The molecule has 41 heavy (non-hydrogen) atoms. The number of carbonyl (C=O) groups is 4. The summed E-state index contributed by atoms with van der Waals surface area (Å²) in [6.45, 7) is 1.96. The molecule has 4 amide bonds. The summed E-state index contributed by atoms with van der Waals surface area (Å²) in [5, 5.41) is 0.745. The number of aryl methyl sites for hydroxylation is 1. The second-order valence-corrected chi connectivity index (χ2v) is 9.53. The minimum atomic E-state index is -0.257. The molecule has 2 aliphatic rings. The van der Waals surface area contributed by atoms with Crippen molar-refractivity contribution in [1.29, 1.82) is 0 Å². The molecule has 4 aromatic rings. The zero-order valence-corrected chi connectivity index (χ0v) is 24.4. The predicted molar refractivity (Wildman–Crippen MR) is 168 cm³/mol. The first-order chi connectivity index (χ1) is 19.3. The standard InChI is InChI=1S/C15H10BrNO2.C15H11NO2.BHNS.B/c16-9-10-5-7-11(8-6-10)17-14(18)12-3-1-2-4-13(12)15(17)19;1-10-6-8-11(9-7-10)16-14(17)12-4-2-3-5-13(12)15(16)18;1-2-3;/h1-8H,9H2;2-9H,1H3;3H;. The molecule has 0 unspecified atom stereocenters. The number of halogens is 1. The summed E-state index contributed by atoms with van der Waals surface area (Å²) >= 11 is 6.56. The maximum absolute atomic E-state index is 12.3. The summed E-state index contributed by atoms with van der Waals surface area (Å²) in [4.78, 5) is 51.4. The fourth-order valence-electron chi connectivity index (χ4n) is 4.28. The van der Waals surface area contributed by atoms with Crippen LogP contribution in [0.3, 0.4) is 0 Å². The number of thiol groups is 1. The van der Waals surface area contributed by atoms with Gasteiger partial charge in [-0.2, -0.15) is 0 Å². The Kier molecular flexibility index (Phi) is 10.7. The fraction of sp³-hybridized carbons (Fsp3) is 0.0667. The van der Waals surface area contributed by atoms with Crippen LogP contribution in [0.15, 0.2) is 101 Å². The van der Waals surface area contributed by atoms with E-state index in [-0.39, 0.29) is 32.0 Å². The van der Waals surface area contributed by atoms with Crippen LogP contribution >= 0.6 is 28.7 Å². The van der Waals surface area contributed by atoms with E-state index in [2.05, 4.69) is 40.7 Å². The molecule has 200 valence electrons. The summed E-state index contributed by atoms with van der Waals surface area (Å²) in [5.41, 5.74) is 5.30. The van der Waals surface area contributed by atoms with Gasteiger partial charge in [0.2, 0.25) is 0 Å². The Morgan fingerprint density at radius 2 is 0.927 bits per heavy atom. The molecule has 0 atom stereocenters. The molecule has 2 aliphatic heterocycles. The van der Waals surface area contributed by atoms with E-state index in [4.69, 9.17) is 0 Å². The SMILES string of the molecule is Cc1ccc(N2C(=O)c3ccccc3C2=O)cc1.O=C1c2ccccc2C(=O)N1c1ccc(CBr)cc1.[B].[B]=NS. The van der Waals surface area contributed by atoms with Gasteiger partial charge in [-0.3, -0.25) is 19.2 Å². The van der Waals surface area contributed by atoms with E-state index in [0.717, 1.165) is 16.5 Å². The number of nitrogens with zero attached hydrogens (tertiary/aromatic N) is 3. The Hall–Kier alpha value is -4.08. The van der Waals surface area contributed by atoms with E-state index in [1.54, 1.807) is 72.8 Å². The van der Waals surface area contributed by atoms with Crippen molar-refractivity contribution in [2.75, 3.05) is 9.80 Å². The molecule has 6 rings (SSSR count). The Balaban J connectivity index is 0.000000202. The van der Waals surface area contributed by atoms with E-state index in [0.29, 0.717) is 33.6 Å². The quantitative estimate of drug-likeness (QED) is 0.132. The second kappa shape index (κ2) is 14.0. The Morgan fingerprint density at radius 3 is 1.22 bits per heavy atom. The van der Waals surface area contributed by atoms with Crippen LogP contribution in [-0.2, 0) is 5.33 Å². The molecule has 11 heteroatoms. The van der Waals surface area contributed by atoms with Gasteiger partial charge in [0.15, 0.2) is 0 Å². The summed E-state index contributed by atoms with van der Waals surface area (Å²) in [6.07, 6.45) is 0. The number of carbonyl (C=O) groups excluding carboxylic acids is 4. The number of anilines is 2. The van der Waals surface area contributed by atoms with Crippen LogP contribution < -0.4 is 9.80 Å². The number of rotatable bonds is 3. The van der Waals surface area contributed by atoms with Crippen LogP contribution in [0.2, 0.25) is 0 Å². The number of imide groups is 2. The number of benzene rings is 4. The molecule has 0 aliphatic carbocycles. The van der Waals surface area contributed by atoms with Crippen molar-refractivity contribution in [2.24, 2.45) is 4.30 Å². The van der Waals surface area contributed by atoms with E-state index in [9.17, 15) is 19.2 Å². The molecule has 0 saturated heterocycles. The van der Waals surface area contributed by atoms with Crippen molar-refractivity contribution in [2.45, 2.75) is 12.3 Å². The molecule has 4 radical (unpaired) electrons. The van der Waals surface area contributed by atoms with E-state index in [1.165, 1.54) is 9.80 Å².